The van der Waals surface area contributed by atoms with E-state index < -0.39 is 11.7 Å². The number of halogens is 19. The molecule has 0 nitrogen and oxygen atoms in total. The molecule has 0 N–H and O–H groups in total. The Morgan fingerprint density at radius 1 is 0.318 bits per heavy atom. The van der Waals surface area contributed by atoms with E-state index in [1.165, 1.54) is 18.2 Å². The molecule has 0 aliphatic carbocycles. The molecule has 4 rings (SSSR count). The lowest BCUT2D eigenvalue weighted by Gasteiger charge is -2.06. The van der Waals surface area contributed by atoms with Crippen LogP contribution >= 0.6 is 186 Å². The first-order valence-corrected chi connectivity index (χ1v) is 16.4. The van der Waals surface area contributed by atoms with Gasteiger partial charge in [-0.15, -0.1) is 0 Å². The second-order valence-corrected chi connectivity index (χ2v) is 13.6. The van der Waals surface area contributed by atoms with Crippen molar-refractivity contribution >= 4 is 186 Å². The van der Waals surface area contributed by atoms with E-state index in [1.807, 2.05) is 0 Å². The predicted octanol–water partition coefficient (Wildman–Crippen LogP) is 18.2. The lowest BCUT2D eigenvalue weighted by molar-refractivity contribution is -0.137. The maximum absolute atomic E-state index is 11.9. The molecule has 4 aromatic rings. The van der Waals surface area contributed by atoms with Gasteiger partial charge in [-0.05, 0) is 42.5 Å². The second-order valence-electron chi connectivity index (χ2n) is 7.33. The normalized spacial score (nSPS) is 10.6. The van der Waals surface area contributed by atoms with Gasteiger partial charge in [0.2, 0.25) is 0 Å². The minimum Gasteiger partial charge on any atom is -0.166 e. The zero-order chi connectivity index (χ0) is 34.3. The summed E-state index contributed by atoms with van der Waals surface area (Å²) in [6, 6.07) is 8.95. The van der Waals surface area contributed by atoms with Gasteiger partial charge in [-0.3, -0.25) is 0 Å². The molecule has 0 bridgehead atoms. The highest BCUT2D eigenvalue weighted by molar-refractivity contribution is 6.59. The monoisotopic (exact) mass is 924 g/mol. The van der Waals surface area contributed by atoms with E-state index in [9.17, 15) is 13.2 Å². The standard InChI is InChI=1S/C7H4ClF3.C6Cl6.C6HCl5.C6H2Cl4/c8-6-3-1-5(2-4-6)7(9,10)11;7-1-2(8)4(10)6(12)5(11)3(1)9;7-2-1-3(8)5(10)6(11)4(2)9;7-3-1-2-4(8)6(10)5(3)9/h1-4H;;1H;1-2H. The molecule has 0 aliphatic rings. The van der Waals surface area contributed by atoms with Gasteiger partial charge in [0.05, 0.1) is 80.9 Å². The fourth-order valence-corrected chi connectivity index (χ4v) is 5.66. The molecule has 0 heterocycles. The fraction of sp³-hybridized carbons (Fsp3) is 0.0400. The summed E-state index contributed by atoms with van der Waals surface area (Å²) in [7, 11) is 0. The van der Waals surface area contributed by atoms with Crippen LogP contribution in [-0.2, 0) is 6.18 Å². The van der Waals surface area contributed by atoms with Gasteiger partial charge in [0, 0.05) is 5.02 Å². The molecule has 0 aromatic heterocycles. The molecule has 0 amide bonds. The van der Waals surface area contributed by atoms with Gasteiger partial charge in [-0.2, -0.15) is 13.2 Å². The van der Waals surface area contributed by atoms with Gasteiger partial charge in [-0.25, -0.2) is 0 Å². The molecule has 0 radical (unpaired) electrons. The third kappa shape index (κ3) is 12.6. The molecule has 0 unspecified atom stereocenters. The highest BCUT2D eigenvalue weighted by Crippen LogP contribution is 2.46. The topological polar surface area (TPSA) is 0 Å². The van der Waals surface area contributed by atoms with Crippen molar-refractivity contribution in [1.82, 2.24) is 0 Å². The van der Waals surface area contributed by atoms with Crippen LogP contribution in [0.4, 0.5) is 13.2 Å². The van der Waals surface area contributed by atoms with Crippen LogP contribution in [0, 0.1) is 0 Å². The summed E-state index contributed by atoms with van der Waals surface area (Å²) in [5, 5.41) is 3.62. The van der Waals surface area contributed by atoms with Crippen molar-refractivity contribution in [2.75, 3.05) is 0 Å². The van der Waals surface area contributed by atoms with Crippen LogP contribution in [0.25, 0.3) is 0 Å². The molecule has 0 atom stereocenters. The molecule has 0 fully saturated rings. The molecule has 44 heavy (non-hydrogen) atoms. The van der Waals surface area contributed by atoms with Crippen molar-refractivity contribution in [3.63, 3.8) is 0 Å². The molecule has 4 aromatic carbocycles. The van der Waals surface area contributed by atoms with Crippen molar-refractivity contribution in [1.29, 1.82) is 0 Å². The first-order chi connectivity index (χ1) is 20.1. The summed E-state index contributed by atoms with van der Waals surface area (Å²) in [5.41, 5.74) is -0.679. The Bertz CT molecular complexity index is 1450. The average Bonchev–Trinajstić information content (AvgIpc) is 2.97. The molecule has 0 aliphatic heterocycles. The van der Waals surface area contributed by atoms with Crippen molar-refractivity contribution in [3.8, 4) is 0 Å². The summed E-state index contributed by atoms with van der Waals surface area (Å²) in [6.45, 7) is 0. The Kier molecular flexibility index (Phi) is 19.2. The number of hydrogen-bond donors (Lipinski definition) is 0. The van der Waals surface area contributed by atoms with Gasteiger partial charge in [0.15, 0.2) is 0 Å². The predicted molar refractivity (Wildman–Crippen MR) is 191 cm³/mol. The molecule has 0 saturated heterocycles. The lowest BCUT2D eigenvalue weighted by Crippen LogP contribution is -2.03. The largest absolute Gasteiger partial charge is 0.416 e. The number of rotatable bonds is 0. The lowest BCUT2D eigenvalue weighted by atomic mass is 10.2. The van der Waals surface area contributed by atoms with Crippen LogP contribution < -0.4 is 0 Å². The van der Waals surface area contributed by atoms with Gasteiger partial charge in [0.1, 0.15) is 0 Å². The quantitative estimate of drug-likeness (QED) is 0.122. The van der Waals surface area contributed by atoms with Crippen LogP contribution in [0.1, 0.15) is 5.56 Å². The summed E-state index contributed by atoms with van der Waals surface area (Å²) < 4.78 is 35.6. The van der Waals surface area contributed by atoms with Crippen LogP contribution in [0.5, 0.6) is 0 Å². The zero-order valence-electron chi connectivity index (χ0n) is 20.2. The highest BCUT2D eigenvalue weighted by atomic mass is 35.5. The first kappa shape index (κ1) is 43.3. The van der Waals surface area contributed by atoms with Crippen molar-refractivity contribution < 1.29 is 13.2 Å². The minimum absolute atomic E-state index is 0.109. The van der Waals surface area contributed by atoms with Crippen molar-refractivity contribution in [3.05, 3.63) is 128 Å². The smallest absolute Gasteiger partial charge is 0.166 e. The molecule has 0 spiro atoms. The van der Waals surface area contributed by atoms with E-state index in [2.05, 4.69) is 0 Å². The van der Waals surface area contributed by atoms with E-state index in [0.29, 0.717) is 35.2 Å². The average molecular weight is 932 g/mol. The Morgan fingerprint density at radius 2 is 0.568 bits per heavy atom. The molecule has 240 valence electrons. The molecular weight excluding hydrogens is 925 g/mol. The van der Waals surface area contributed by atoms with E-state index in [-0.39, 0.29) is 45.2 Å². The third-order valence-electron chi connectivity index (χ3n) is 4.37. The van der Waals surface area contributed by atoms with Crippen LogP contribution in [-0.4, -0.2) is 0 Å². The van der Waals surface area contributed by atoms with E-state index >= 15 is 0 Å². The number of benzene rings is 4. The summed E-state index contributed by atoms with van der Waals surface area (Å²) in [4.78, 5) is 0. The van der Waals surface area contributed by atoms with Crippen molar-refractivity contribution in [2.24, 2.45) is 0 Å². The van der Waals surface area contributed by atoms with Crippen molar-refractivity contribution in [2.45, 2.75) is 6.18 Å². The second kappa shape index (κ2) is 19.5. The van der Waals surface area contributed by atoms with Gasteiger partial charge >= 0.3 is 6.18 Å². The number of alkyl halides is 3. The first-order valence-electron chi connectivity index (χ1n) is 10.4. The van der Waals surface area contributed by atoms with E-state index in [1.54, 1.807) is 12.1 Å². The maximum atomic E-state index is 11.9. The summed E-state index contributed by atoms with van der Waals surface area (Å²) >= 11 is 90.1. The minimum atomic E-state index is -4.27. The van der Waals surface area contributed by atoms with Crippen LogP contribution in [0.15, 0.2) is 42.5 Å². The molecule has 0 saturated carbocycles. The van der Waals surface area contributed by atoms with E-state index in [0.717, 1.165) is 12.1 Å². The Hall–Kier alpha value is 1.31. The Labute approximate surface area is 329 Å². The molecule has 19 heteroatoms. The molecular formula is C25H7Cl16F3. The maximum Gasteiger partial charge on any atom is 0.416 e. The van der Waals surface area contributed by atoms with Gasteiger partial charge in [-0.1, -0.05) is 186 Å². The highest BCUT2D eigenvalue weighted by Gasteiger charge is 2.29. The van der Waals surface area contributed by atoms with Crippen LogP contribution in [0.3, 0.4) is 0 Å². The van der Waals surface area contributed by atoms with E-state index in [4.69, 9.17) is 186 Å². The summed E-state index contributed by atoms with van der Waals surface area (Å²) in [6.07, 6.45) is -4.27. The fourth-order valence-electron chi connectivity index (χ4n) is 2.26. The van der Waals surface area contributed by atoms with Gasteiger partial charge in [0.25, 0.3) is 0 Å². The summed E-state index contributed by atoms with van der Waals surface area (Å²) in [5.74, 6) is 0. The number of hydrogen-bond acceptors (Lipinski definition) is 0. The van der Waals surface area contributed by atoms with Crippen LogP contribution in [0.2, 0.25) is 80.4 Å². The zero-order valence-corrected chi connectivity index (χ0v) is 32.3. The Balaban J connectivity index is 0.000000294. The van der Waals surface area contributed by atoms with Gasteiger partial charge < -0.3 is 0 Å². The third-order valence-corrected chi connectivity index (χ3v) is 11.3. The SMILES string of the molecule is Clc1c(Cl)c(Cl)c(Cl)c(Cl)c1Cl.Clc1cc(Cl)c(Cl)c(Cl)c1Cl.Clc1ccc(Cl)c(Cl)c1Cl.FC(F)(F)c1ccc(Cl)cc1. The Morgan fingerprint density at radius 3 is 0.841 bits per heavy atom.